The van der Waals surface area contributed by atoms with Gasteiger partial charge in [0.05, 0.1) is 17.9 Å². The van der Waals surface area contributed by atoms with E-state index in [-0.39, 0.29) is 23.7 Å². The van der Waals surface area contributed by atoms with Crippen LogP contribution < -0.4 is 10.1 Å². The van der Waals surface area contributed by atoms with Crippen molar-refractivity contribution >= 4 is 29.3 Å². The van der Waals surface area contributed by atoms with E-state index in [0.717, 1.165) is 5.75 Å². The van der Waals surface area contributed by atoms with Gasteiger partial charge >= 0.3 is 5.97 Å². The molecule has 3 aromatic rings. The summed E-state index contributed by atoms with van der Waals surface area (Å²) in [6.45, 7) is 6.64. The smallest absolute Gasteiger partial charge is 0.338 e. The van der Waals surface area contributed by atoms with Crippen LogP contribution in [-0.2, 0) is 16.1 Å². The number of carbonyl (C=O) groups is 2. The van der Waals surface area contributed by atoms with Crippen molar-refractivity contribution < 1.29 is 19.1 Å². The quantitative estimate of drug-likeness (QED) is 0.359. The molecule has 0 aliphatic heterocycles. The zero-order valence-electron chi connectivity index (χ0n) is 18.3. The Labute approximate surface area is 191 Å². The second-order valence-corrected chi connectivity index (χ2v) is 7.74. The summed E-state index contributed by atoms with van der Waals surface area (Å²) in [5, 5.41) is 12.0. The van der Waals surface area contributed by atoms with Crippen LogP contribution in [0.2, 0.25) is 0 Å². The summed E-state index contributed by atoms with van der Waals surface area (Å²) < 4.78 is 12.9. The standard InChI is InChI=1S/C23H26N4O4S/c1-4-27-21(16(3)31-19-9-7-6-8-10-19)25-26-23(27)32-15-20(28)24-18-13-11-17(12-14-18)22(29)30-5-2/h6-14,16H,4-5,15H2,1-3H3,(H,24,28)/t16-/m0/s1. The molecule has 0 unspecified atom stereocenters. The van der Waals surface area contributed by atoms with Crippen molar-refractivity contribution in [1.82, 2.24) is 14.8 Å². The maximum Gasteiger partial charge on any atom is 0.338 e. The average molecular weight is 455 g/mol. The predicted octanol–water partition coefficient (Wildman–Crippen LogP) is 4.35. The van der Waals surface area contributed by atoms with Crippen LogP contribution in [0, 0.1) is 0 Å². The SMILES string of the molecule is CCOC(=O)c1ccc(NC(=O)CSc2nnc([C@H](C)Oc3ccccc3)n2CC)cc1. The Kier molecular flexibility index (Phi) is 8.27. The van der Waals surface area contributed by atoms with Gasteiger partial charge in [-0.05, 0) is 57.2 Å². The van der Waals surface area contributed by atoms with Gasteiger partial charge in [0.2, 0.25) is 5.91 Å². The molecule has 2 aromatic carbocycles. The number of ether oxygens (including phenoxy) is 2. The van der Waals surface area contributed by atoms with Crippen molar-refractivity contribution in [2.24, 2.45) is 0 Å². The van der Waals surface area contributed by atoms with Gasteiger partial charge in [-0.15, -0.1) is 10.2 Å². The molecule has 1 aromatic heterocycles. The van der Waals surface area contributed by atoms with E-state index in [1.165, 1.54) is 11.8 Å². The summed E-state index contributed by atoms with van der Waals surface area (Å²) in [7, 11) is 0. The first-order chi connectivity index (χ1) is 15.5. The van der Waals surface area contributed by atoms with Crippen LogP contribution >= 0.6 is 11.8 Å². The number of benzene rings is 2. The van der Waals surface area contributed by atoms with Crippen LogP contribution in [-0.4, -0.2) is 39.0 Å². The third-order valence-electron chi connectivity index (χ3n) is 4.49. The number of thioether (sulfide) groups is 1. The topological polar surface area (TPSA) is 95.3 Å². The number of aromatic nitrogens is 3. The molecule has 9 heteroatoms. The van der Waals surface area contributed by atoms with E-state index in [1.54, 1.807) is 31.2 Å². The molecule has 32 heavy (non-hydrogen) atoms. The first kappa shape index (κ1) is 23.3. The van der Waals surface area contributed by atoms with Gasteiger partial charge in [0.15, 0.2) is 17.1 Å². The first-order valence-corrected chi connectivity index (χ1v) is 11.3. The minimum atomic E-state index is -0.388. The van der Waals surface area contributed by atoms with Crippen molar-refractivity contribution in [1.29, 1.82) is 0 Å². The molecular weight excluding hydrogens is 428 g/mol. The van der Waals surface area contributed by atoms with E-state index in [2.05, 4.69) is 15.5 Å². The fourth-order valence-electron chi connectivity index (χ4n) is 2.99. The Morgan fingerprint density at radius 2 is 1.78 bits per heavy atom. The highest BCUT2D eigenvalue weighted by Crippen LogP contribution is 2.24. The third kappa shape index (κ3) is 6.10. The molecule has 1 heterocycles. The van der Waals surface area contributed by atoms with Crippen molar-refractivity contribution in [2.75, 3.05) is 17.7 Å². The molecule has 1 atom stereocenters. The van der Waals surface area contributed by atoms with Gasteiger partial charge < -0.3 is 19.4 Å². The van der Waals surface area contributed by atoms with E-state index >= 15 is 0 Å². The van der Waals surface area contributed by atoms with Gasteiger partial charge in [0.25, 0.3) is 0 Å². The fourth-order valence-corrected chi connectivity index (χ4v) is 3.80. The van der Waals surface area contributed by atoms with E-state index in [1.807, 2.05) is 48.7 Å². The summed E-state index contributed by atoms with van der Waals surface area (Å²) in [6, 6.07) is 16.1. The van der Waals surface area contributed by atoms with E-state index in [0.29, 0.717) is 35.4 Å². The van der Waals surface area contributed by atoms with Gasteiger partial charge in [-0.1, -0.05) is 30.0 Å². The molecule has 0 aliphatic carbocycles. The van der Waals surface area contributed by atoms with Gasteiger partial charge in [-0.3, -0.25) is 4.79 Å². The number of carbonyl (C=O) groups excluding carboxylic acids is 2. The second kappa shape index (κ2) is 11.3. The number of nitrogens with one attached hydrogen (secondary N) is 1. The molecule has 0 saturated heterocycles. The number of nitrogens with zero attached hydrogens (tertiary/aromatic N) is 3. The Balaban J connectivity index is 1.57. The summed E-state index contributed by atoms with van der Waals surface area (Å²) in [5.41, 5.74) is 1.04. The maximum atomic E-state index is 12.4. The van der Waals surface area contributed by atoms with Crippen LogP contribution in [0.1, 0.15) is 43.1 Å². The summed E-state index contributed by atoms with van der Waals surface area (Å²) in [4.78, 5) is 24.1. The Morgan fingerprint density at radius 3 is 2.44 bits per heavy atom. The molecule has 0 spiro atoms. The molecule has 0 radical (unpaired) electrons. The lowest BCUT2D eigenvalue weighted by Crippen LogP contribution is -2.15. The summed E-state index contributed by atoms with van der Waals surface area (Å²) in [6.07, 6.45) is -0.286. The fraction of sp³-hybridized carbons (Fsp3) is 0.304. The van der Waals surface area contributed by atoms with Gasteiger partial charge in [-0.2, -0.15) is 0 Å². The zero-order chi connectivity index (χ0) is 22.9. The van der Waals surface area contributed by atoms with Crippen molar-refractivity contribution in [3.05, 3.63) is 66.0 Å². The van der Waals surface area contributed by atoms with Gasteiger partial charge in [0, 0.05) is 12.2 Å². The number of rotatable bonds is 10. The van der Waals surface area contributed by atoms with Crippen LogP contribution in [0.3, 0.4) is 0 Å². The molecule has 0 bridgehead atoms. The Hall–Kier alpha value is -3.33. The number of para-hydroxylation sites is 1. The average Bonchev–Trinajstić information content (AvgIpc) is 3.22. The number of amides is 1. The van der Waals surface area contributed by atoms with Crippen molar-refractivity contribution in [2.45, 2.75) is 38.6 Å². The third-order valence-corrected chi connectivity index (χ3v) is 5.46. The number of esters is 1. The van der Waals surface area contributed by atoms with E-state index < -0.39 is 0 Å². The normalized spacial score (nSPS) is 11.6. The lowest BCUT2D eigenvalue weighted by molar-refractivity contribution is -0.113. The van der Waals surface area contributed by atoms with Gasteiger partial charge in [0.1, 0.15) is 5.75 Å². The molecule has 168 valence electrons. The van der Waals surface area contributed by atoms with Crippen LogP contribution in [0.5, 0.6) is 5.75 Å². The van der Waals surface area contributed by atoms with Crippen LogP contribution in [0.15, 0.2) is 59.8 Å². The monoisotopic (exact) mass is 454 g/mol. The first-order valence-electron chi connectivity index (χ1n) is 10.4. The second-order valence-electron chi connectivity index (χ2n) is 6.79. The molecular formula is C23H26N4O4S. The lowest BCUT2D eigenvalue weighted by atomic mass is 10.2. The highest BCUT2D eigenvalue weighted by Gasteiger charge is 2.19. The van der Waals surface area contributed by atoms with Crippen LogP contribution in [0.4, 0.5) is 5.69 Å². The zero-order valence-corrected chi connectivity index (χ0v) is 19.1. The van der Waals surface area contributed by atoms with Crippen molar-refractivity contribution in [3.63, 3.8) is 0 Å². The van der Waals surface area contributed by atoms with Gasteiger partial charge in [-0.25, -0.2) is 4.79 Å². The Bertz CT molecular complexity index is 1040. The predicted molar refractivity (Wildman–Crippen MR) is 123 cm³/mol. The molecule has 3 rings (SSSR count). The number of anilines is 1. The summed E-state index contributed by atoms with van der Waals surface area (Å²) in [5.74, 6) is 1.06. The maximum absolute atomic E-state index is 12.4. The highest BCUT2D eigenvalue weighted by atomic mass is 32.2. The number of hydrogen-bond acceptors (Lipinski definition) is 7. The molecule has 0 saturated carbocycles. The van der Waals surface area contributed by atoms with Crippen LogP contribution in [0.25, 0.3) is 0 Å². The summed E-state index contributed by atoms with van der Waals surface area (Å²) >= 11 is 1.31. The van der Waals surface area contributed by atoms with E-state index in [9.17, 15) is 9.59 Å². The van der Waals surface area contributed by atoms with E-state index in [4.69, 9.17) is 9.47 Å². The lowest BCUT2D eigenvalue weighted by Gasteiger charge is -2.15. The van der Waals surface area contributed by atoms with Crippen molar-refractivity contribution in [3.8, 4) is 5.75 Å². The molecule has 8 nitrogen and oxygen atoms in total. The largest absolute Gasteiger partial charge is 0.483 e. The minimum absolute atomic E-state index is 0.172. The number of hydrogen-bond donors (Lipinski definition) is 1. The Morgan fingerprint density at radius 1 is 1.06 bits per heavy atom. The molecule has 1 amide bonds. The minimum Gasteiger partial charge on any atom is -0.483 e. The molecule has 0 aliphatic rings. The highest BCUT2D eigenvalue weighted by molar-refractivity contribution is 7.99. The molecule has 1 N–H and O–H groups in total. The molecule has 0 fully saturated rings.